The molecule has 2 fully saturated rings. The Morgan fingerprint density at radius 1 is 1.24 bits per heavy atom. The molecule has 0 aromatic carbocycles. The van der Waals surface area contributed by atoms with E-state index >= 15 is 0 Å². The molecule has 0 radical (unpaired) electrons. The zero-order chi connectivity index (χ0) is 18.1. The number of carbonyl (C=O) groups excluding carboxylic acids is 1. The van der Waals surface area contributed by atoms with Gasteiger partial charge in [0.1, 0.15) is 24.4 Å². The van der Waals surface area contributed by atoms with E-state index in [0.717, 1.165) is 0 Å². The molecule has 3 aliphatic rings. The minimum absolute atomic E-state index is 0.206. The highest BCUT2D eigenvalue weighted by atomic mass is 16.8. The Labute approximate surface area is 144 Å². The Hall–Kier alpha value is -1.49. The zero-order valence-electron chi connectivity index (χ0n) is 13.4. The minimum Gasteiger partial charge on any atom is -0.471 e. The quantitative estimate of drug-likeness (QED) is 0.346. The van der Waals surface area contributed by atoms with Gasteiger partial charge in [-0.15, -0.1) is 6.58 Å². The molecule has 0 amide bonds. The zero-order valence-corrected chi connectivity index (χ0v) is 13.4. The number of esters is 1. The van der Waals surface area contributed by atoms with Gasteiger partial charge in [0.2, 0.25) is 6.29 Å². The van der Waals surface area contributed by atoms with Gasteiger partial charge in [0.15, 0.2) is 6.29 Å². The van der Waals surface area contributed by atoms with Crippen LogP contribution in [-0.2, 0) is 23.7 Å². The molecule has 8 atom stereocenters. The molecule has 3 rings (SSSR count). The Balaban J connectivity index is 1.75. The summed E-state index contributed by atoms with van der Waals surface area (Å²) < 4.78 is 21.4. The van der Waals surface area contributed by atoms with Crippen LogP contribution in [-0.4, -0.2) is 76.6 Å². The highest BCUT2D eigenvalue weighted by Gasteiger charge is 2.48. The normalized spacial score (nSPS) is 44.2. The van der Waals surface area contributed by atoms with Gasteiger partial charge in [-0.2, -0.15) is 0 Å². The molecule has 3 aliphatic heterocycles. The SMILES string of the molecule is C=C[C@@H]1[C@@H](O[C@H]2O[C@@H](CO)[C@@H](O)[C@@H](O)[C@H]2O)OC=C2C(=O)OCC[C@H]21. The number of aliphatic hydroxyl groups is 4. The van der Waals surface area contributed by atoms with Crippen LogP contribution in [0.1, 0.15) is 6.42 Å². The molecule has 3 heterocycles. The molecule has 0 aromatic heterocycles. The van der Waals surface area contributed by atoms with Crippen LogP contribution in [0.2, 0.25) is 0 Å². The first-order chi connectivity index (χ1) is 12.0. The lowest BCUT2D eigenvalue weighted by atomic mass is 9.81. The van der Waals surface area contributed by atoms with E-state index < -0.39 is 55.5 Å². The number of hydrogen-bond acceptors (Lipinski definition) is 9. The summed E-state index contributed by atoms with van der Waals surface area (Å²) in [6.45, 7) is 3.47. The van der Waals surface area contributed by atoms with E-state index in [-0.39, 0.29) is 12.5 Å². The van der Waals surface area contributed by atoms with Crippen LogP contribution in [0.5, 0.6) is 0 Å². The van der Waals surface area contributed by atoms with E-state index in [1.54, 1.807) is 6.08 Å². The standard InChI is InChI=1S/C16H22O9/c1-2-7-8-3-4-22-14(21)9(8)6-23-15(7)25-16-13(20)12(19)11(18)10(5-17)24-16/h2,6-8,10-13,15-20H,1,3-5H2/t7-,8-,10-,11+,12+,13+,15+,16+/m0/s1. The number of cyclic esters (lactones) is 1. The lowest BCUT2D eigenvalue weighted by molar-refractivity contribution is -0.339. The molecular formula is C16H22O9. The third-order valence-electron chi connectivity index (χ3n) is 4.79. The lowest BCUT2D eigenvalue weighted by Gasteiger charge is -2.43. The molecule has 0 aromatic rings. The van der Waals surface area contributed by atoms with Crippen molar-refractivity contribution in [2.24, 2.45) is 11.8 Å². The molecule has 0 unspecified atom stereocenters. The van der Waals surface area contributed by atoms with Crippen molar-refractivity contribution >= 4 is 5.97 Å². The summed E-state index contributed by atoms with van der Waals surface area (Å²) in [6.07, 6.45) is -4.44. The summed E-state index contributed by atoms with van der Waals surface area (Å²) in [6, 6.07) is 0. The highest BCUT2D eigenvalue weighted by molar-refractivity contribution is 5.89. The summed E-state index contributed by atoms with van der Waals surface area (Å²) in [5.41, 5.74) is 0.393. The monoisotopic (exact) mass is 358 g/mol. The number of ether oxygens (including phenoxy) is 4. The van der Waals surface area contributed by atoms with Crippen molar-refractivity contribution in [3.8, 4) is 0 Å². The fraction of sp³-hybridized carbons (Fsp3) is 0.688. The third-order valence-corrected chi connectivity index (χ3v) is 4.79. The molecule has 2 saturated heterocycles. The van der Waals surface area contributed by atoms with Crippen molar-refractivity contribution in [1.82, 2.24) is 0 Å². The van der Waals surface area contributed by atoms with Crippen LogP contribution in [0, 0.1) is 11.8 Å². The van der Waals surface area contributed by atoms with E-state index in [1.807, 2.05) is 0 Å². The highest BCUT2D eigenvalue weighted by Crippen LogP contribution is 2.38. The van der Waals surface area contributed by atoms with Crippen LogP contribution in [0.25, 0.3) is 0 Å². The molecule has 0 aliphatic carbocycles. The smallest absolute Gasteiger partial charge is 0.337 e. The lowest BCUT2D eigenvalue weighted by Crippen LogP contribution is -2.60. The number of carbonyl (C=O) groups is 1. The van der Waals surface area contributed by atoms with Gasteiger partial charge in [-0.1, -0.05) is 6.08 Å². The molecule has 0 spiro atoms. The Morgan fingerprint density at radius 3 is 2.68 bits per heavy atom. The van der Waals surface area contributed by atoms with E-state index in [4.69, 9.17) is 18.9 Å². The Kier molecular flexibility index (Phi) is 5.42. The van der Waals surface area contributed by atoms with Gasteiger partial charge in [-0.05, 0) is 6.42 Å². The molecular weight excluding hydrogens is 336 g/mol. The van der Waals surface area contributed by atoms with Crippen LogP contribution >= 0.6 is 0 Å². The van der Waals surface area contributed by atoms with Gasteiger partial charge in [0.25, 0.3) is 0 Å². The minimum atomic E-state index is -1.54. The molecule has 140 valence electrons. The summed E-state index contributed by atoms with van der Waals surface area (Å²) >= 11 is 0. The predicted molar refractivity (Wildman–Crippen MR) is 80.6 cm³/mol. The van der Waals surface area contributed by atoms with Crippen LogP contribution in [0.15, 0.2) is 24.5 Å². The van der Waals surface area contributed by atoms with Gasteiger partial charge in [0.05, 0.1) is 25.0 Å². The summed E-state index contributed by atoms with van der Waals surface area (Å²) in [7, 11) is 0. The van der Waals surface area contributed by atoms with Crippen LogP contribution < -0.4 is 0 Å². The maximum atomic E-state index is 11.8. The Morgan fingerprint density at radius 2 is 2.00 bits per heavy atom. The van der Waals surface area contributed by atoms with Crippen molar-refractivity contribution < 1.29 is 44.2 Å². The van der Waals surface area contributed by atoms with E-state index in [1.165, 1.54) is 6.26 Å². The molecule has 4 N–H and O–H groups in total. The summed E-state index contributed by atoms with van der Waals surface area (Å²) in [4.78, 5) is 11.8. The summed E-state index contributed by atoms with van der Waals surface area (Å²) in [5.74, 6) is -1.06. The average molecular weight is 358 g/mol. The molecule has 9 nitrogen and oxygen atoms in total. The average Bonchev–Trinajstić information content (AvgIpc) is 2.62. The van der Waals surface area contributed by atoms with Crippen molar-refractivity contribution in [2.45, 2.75) is 43.4 Å². The summed E-state index contributed by atoms with van der Waals surface area (Å²) in [5, 5.41) is 38.9. The van der Waals surface area contributed by atoms with Crippen molar-refractivity contribution in [3.05, 3.63) is 24.5 Å². The van der Waals surface area contributed by atoms with Gasteiger partial charge < -0.3 is 39.4 Å². The van der Waals surface area contributed by atoms with Crippen molar-refractivity contribution in [3.63, 3.8) is 0 Å². The second-order valence-corrected chi connectivity index (χ2v) is 6.26. The fourth-order valence-corrected chi connectivity index (χ4v) is 3.34. The number of fused-ring (bicyclic) bond motifs is 1. The Bertz CT molecular complexity index is 546. The molecule has 9 heteroatoms. The topological polar surface area (TPSA) is 135 Å². The van der Waals surface area contributed by atoms with Crippen LogP contribution in [0.4, 0.5) is 0 Å². The second-order valence-electron chi connectivity index (χ2n) is 6.26. The van der Waals surface area contributed by atoms with E-state index in [0.29, 0.717) is 12.0 Å². The largest absolute Gasteiger partial charge is 0.471 e. The van der Waals surface area contributed by atoms with Gasteiger partial charge in [-0.25, -0.2) is 4.79 Å². The van der Waals surface area contributed by atoms with Crippen molar-refractivity contribution in [2.75, 3.05) is 13.2 Å². The fourth-order valence-electron chi connectivity index (χ4n) is 3.34. The van der Waals surface area contributed by atoms with Gasteiger partial charge in [-0.3, -0.25) is 0 Å². The number of rotatable bonds is 4. The maximum Gasteiger partial charge on any atom is 0.337 e. The van der Waals surface area contributed by atoms with Crippen molar-refractivity contribution in [1.29, 1.82) is 0 Å². The first kappa shape index (κ1) is 18.3. The van der Waals surface area contributed by atoms with Gasteiger partial charge >= 0.3 is 5.97 Å². The second kappa shape index (κ2) is 7.40. The molecule has 0 saturated carbocycles. The molecule has 0 bridgehead atoms. The van der Waals surface area contributed by atoms with E-state index in [9.17, 15) is 25.2 Å². The van der Waals surface area contributed by atoms with E-state index in [2.05, 4.69) is 6.58 Å². The van der Waals surface area contributed by atoms with Crippen LogP contribution in [0.3, 0.4) is 0 Å². The molecule has 25 heavy (non-hydrogen) atoms. The first-order valence-corrected chi connectivity index (χ1v) is 8.09. The maximum absolute atomic E-state index is 11.8. The predicted octanol–water partition coefficient (Wildman–Crippen LogP) is -1.59. The first-order valence-electron chi connectivity index (χ1n) is 8.09. The number of hydrogen-bond donors (Lipinski definition) is 4. The van der Waals surface area contributed by atoms with Gasteiger partial charge in [0, 0.05) is 11.8 Å². The number of aliphatic hydroxyl groups excluding tert-OH is 4. The third kappa shape index (κ3) is 3.31.